The molecule has 0 rings (SSSR count). The van der Waals surface area contributed by atoms with Crippen molar-refractivity contribution in [1.29, 1.82) is 0 Å². The Morgan fingerprint density at radius 3 is 2.00 bits per heavy atom. The van der Waals surface area contributed by atoms with Crippen LogP contribution in [0.2, 0.25) is 0 Å². The second kappa shape index (κ2) is 9.00. The fourth-order valence-electron chi connectivity index (χ4n) is 2.63. The minimum Gasteiger partial charge on any atom is -0.0654 e. The lowest BCUT2D eigenvalue weighted by atomic mass is 9.80. The van der Waals surface area contributed by atoms with E-state index in [0.29, 0.717) is 5.41 Å². The molecular formula is C17H36. The van der Waals surface area contributed by atoms with E-state index in [0.717, 1.165) is 11.8 Å². The third-order valence-corrected chi connectivity index (χ3v) is 4.14. The summed E-state index contributed by atoms with van der Waals surface area (Å²) in [7, 11) is 0. The van der Waals surface area contributed by atoms with Gasteiger partial charge in [0, 0.05) is 0 Å². The van der Waals surface area contributed by atoms with Gasteiger partial charge in [-0.2, -0.15) is 0 Å². The zero-order chi connectivity index (χ0) is 13.3. The molecule has 0 radical (unpaired) electrons. The van der Waals surface area contributed by atoms with Gasteiger partial charge in [-0.1, -0.05) is 80.1 Å². The summed E-state index contributed by atoms with van der Waals surface area (Å²) >= 11 is 0. The molecule has 0 spiro atoms. The highest BCUT2D eigenvalue weighted by atomic mass is 14.2. The zero-order valence-electron chi connectivity index (χ0n) is 13.3. The van der Waals surface area contributed by atoms with E-state index in [9.17, 15) is 0 Å². The van der Waals surface area contributed by atoms with Crippen molar-refractivity contribution in [1.82, 2.24) is 0 Å². The van der Waals surface area contributed by atoms with Crippen molar-refractivity contribution in [2.45, 2.75) is 92.9 Å². The molecule has 0 aromatic heterocycles. The van der Waals surface area contributed by atoms with Gasteiger partial charge in [-0.05, 0) is 30.1 Å². The SMILES string of the molecule is CCCC(CC)CCCC(C)(C)CCC(C)C. The van der Waals surface area contributed by atoms with E-state index < -0.39 is 0 Å². The largest absolute Gasteiger partial charge is 0.0654 e. The molecule has 0 N–H and O–H groups in total. The smallest absolute Gasteiger partial charge is 0.0354 e. The van der Waals surface area contributed by atoms with Gasteiger partial charge in [0.1, 0.15) is 0 Å². The summed E-state index contributed by atoms with van der Waals surface area (Å²) in [6, 6.07) is 0. The fraction of sp³-hybridized carbons (Fsp3) is 1.00. The van der Waals surface area contributed by atoms with Gasteiger partial charge in [0.05, 0.1) is 0 Å². The van der Waals surface area contributed by atoms with E-state index in [1.807, 2.05) is 0 Å². The molecule has 0 saturated carbocycles. The van der Waals surface area contributed by atoms with E-state index in [4.69, 9.17) is 0 Å². The van der Waals surface area contributed by atoms with Crippen molar-refractivity contribution >= 4 is 0 Å². The second-order valence-corrected chi connectivity index (χ2v) is 7.05. The Bertz CT molecular complexity index is 167. The zero-order valence-corrected chi connectivity index (χ0v) is 13.3. The van der Waals surface area contributed by atoms with Gasteiger partial charge in [-0.25, -0.2) is 0 Å². The predicted octanol–water partition coefficient (Wildman–Crippen LogP) is 6.45. The summed E-state index contributed by atoms with van der Waals surface area (Å²) in [6.07, 6.45) is 11.3. The highest BCUT2D eigenvalue weighted by Gasteiger charge is 2.18. The summed E-state index contributed by atoms with van der Waals surface area (Å²) in [5, 5.41) is 0. The van der Waals surface area contributed by atoms with Gasteiger partial charge in [-0.3, -0.25) is 0 Å². The van der Waals surface area contributed by atoms with E-state index in [1.54, 1.807) is 0 Å². The van der Waals surface area contributed by atoms with Crippen molar-refractivity contribution in [3.8, 4) is 0 Å². The summed E-state index contributed by atoms with van der Waals surface area (Å²) in [4.78, 5) is 0. The van der Waals surface area contributed by atoms with E-state index in [2.05, 4.69) is 41.5 Å². The average molecular weight is 240 g/mol. The average Bonchev–Trinajstić information content (AvgIpc) is 2.25. The molecule has 0 aliphatic heterocycles. The van der Waals surface area contributed by atoms with Crippen LogP contribution in [0.15, 0.2) is 0 Å². The topological polar surface area (TPSA) is 0 Å². The highest BCUT2D eigenvalue weighted by Crippen LogP contribution is 2.32. The Morgan fingerprint density at radius 2 is 1.53 bits per heavy atom. The molecule has 0 nitrogen and oxygen atoms in total. The van der Waals surface area contributed by atoms with E-state index in [1.165, 1.54) is 51.4 Å². The molecule has 0 saturated heterocycles. The van der Waals surface area contributed by atoms with Gasteiger partial charge in [-0.15, -0.1) is 0 Å². The summed E-state index contributed by atoms with van der Waals surface area (Å²) in [5.41, 5.74) is 0.564. The molecule has 0 aromatic carbocycles. The van der Waals surface area contributed by atoms with Crippen LogP contribution >= 0.6 is 0 Å². The first-order chi connectivity index (χ1) is 7.91. The Morgan fingerprint density at radius 1 is 0.882 bits per heavy atom. The fourth-order valence-corrected chi connectivity index (χ4v) is 2.63. The van der Waals surface area contributed by atoms with Gasteiger partial charge in [0.25, 0.3) is 0 Å². The minimum absolute atomic E-state index is 0.564. The van der Waals surface area contributed by atoms with Crippen LogP contribution in [0.1, 0.15) is 92.9 Å². The minimum atomic E-state index is 0.564. The van der Waals surface area contributed by atoms with Gasteiger partial charge in [0.2, 0.25) is 0 Å². The summed E-state index contributed by atoms with van der Waals surface area (Å²) in [6.45, 7) is 14.3. The maximum atomic E-state index is 2.45. The first-order valence-electron chi connectivity index (χ1n) is 7.91. The molecule has 1 unspecified atom stereocenters. The van der Waals surface area contributed by atoms with Crippen LogP contribution in [-0.2, 0) is 0 Å². The lowest BCUT2D eigenvalue weighted by molar-refractivity contribution is 0.260. The lowest BCUT2D eigenvalue weighted by Gasteiger charge is -2.26. The maximum absolute atomic E-state index is 2.45. The molecule has 17 heavy (non-hydrogen) atoms. The summed E-state index contributed by atoms with van der Waals surface area (Å²) < 4.78 is 0. The normalized spacial score (nSPS) is 14.3. The third-order valence-electron chi connectivity index (χ3n) is 4.14. The van der Waals surface area contributed by atoms with Gasteiger partial charge >= 0.3 is 0 Å². The Balaban J connectivity index is 3.76. The first-order valence-corrected chi connectivity index (χ1v) is 7.91. The summed E-state index contributed by atoms with van der Waals surface area (Å²) in [5.74, 6) is 1.85. The van der Waals surface area contributed by atoms with Crippen LogP contribution in [0.5, 0.6) is 0 Å². The lowest BCUT2D eigenvalue weighted by Crippen LogP contribution is -2.13. The quantitative estimate of drug-likeness (QED) is 0.412. The van der Waals surface area contributed by atoms with Crippen molar-refractivity contribution in [3.63, 3.8) is 0 Å². The highest BCUT2D eigenvalue weighted by molar-refractivity contribution is 4.70. The molecule has 0 aromatic rings. The van der Waals surface area contributed by atoms with Crippen LogP contribution < -0.4 is 0 Å². The van der Waals surface area contributed by atoms with Crippen molar-refractivity contribution in [2.75, 3.05) is 0 Å². The standard InChI is InChI=1S/C17H36/c1-7-10-16(8-2)11-9-13-17(5,6)14-12-15(3)4/h15-16H,7-14H2,1-6H3. The molecule has 1 atom stereocenters. The van der Waals surface area contributed by atoms with Crippen LogP contribution in [-0.4, -0.2) is 0 Å². The monoisotopic (exact) mass is 240 g/mol. The molecular weight excluding hydrogens is 204 g/mol. The molecule has 104 valence electrons. The van der Waals surface area contributed by atoms with Crippen molar-refractivity contribution in [2.24, 2.45) is 17.3 Å². The maximum Gasteiger partial charge on any atom is -0.0354 e. The molecule has 0 aliphatic rings. The number of hydrogen-bond donors (Lipinski definition) is 0. The molecule has 0 amide bonds. The third kappa shape index (κ3) is 9.68. The Kier molecular flexibility index (Phi) is 9.00. The first kappa shape index (κ1) is 17.0. The van der Waals surface area contributed by atoms with Crippen LogP contribution in [0, 0.1) is 17.3 Å². The molecule has 0 fully saturated rings. The second-order valence-electron chi connectivity index (χ2n) is 7.05. The Labute approximate surface area is 111 Å². The van der Waals surface area contributed by atoms with E-state index in [-0.39, 0.29) is 0 Å². The van der Waals surface area contributed by atoms with Crippen LogP contribution in [0.25, 0.3) is 0 Å². The van der Waals surface area contributed by atoms with Crippen LogP contribution in [0.3, 0.4) is 0 Å². The number of rotatable bonds is 10. The van der Waals surface area contributed by atoms with Gasteiger partial charge in [0.15, 0.2) is 0 Å². The van der Waals surface area contributed by atoms with Gasteiger partial charge < -0.3 is 0 Å². The Hall–Kier alpha value is 0. The van der Waals surface area contributed by atoms with Crippen LogP contribution in [0.4, 0.5) is 0 Å². The molecule has 0 heteroatoms. The van der Waals surface area contributed by atoms with E-state index >= 15 is 0 Å². The van der Waals surface area contributed by atoms with Crippen molar-refractivity contribution in [3.05, 3.63) is 0 Å². The molecule has 0 aliphatic carbocycles. The van der Waals surface area contributed by atoms with Crippen molar-refractivity contribution < 1.29 is 0 Å². The molecule has 0 bridgehead atoms. The predicted molar refractivity (Wildman–Crippen MR) is 80.4 cm³/mol. The number of hydrogen-bond acceptors (Lipinski definition) is 0. The molecule has 0 heterocycles.